The van der Waals surface area contributed by atoms with Crippen LogP contribution in [-0.2, 0) is 11.2 Å². The normalized spacial score (nSPS) is 10.1. The molecule has 2 aromatic rings. The van der Waals surface area contributed by atoms with Crippen LogP contribution in [0.1, 0.15) is 22.3 Å². The van der Waals surface area contributed by atoms with Crippen LogP contribution in [0.4, 0.5) is 5.69 Å². The summed E-state index contributed by atoms with van der Waals surface area (Å²) < 4.78 is 0. The summed E-state index contributed by atoms with van der Waals surface area (Å²) >= 11 is 5.88. The van der Waals surface area contributed by atoms with Crippen molar-refractivity contribution in [2.75, 3.05) is 5.32 Å². The van der Waals surface area contributed by atoms with Gasteiger partial charge in [-0.1, -0.05) is 29.8 Å². The Hall–Kier alpha value is -2.33. The van der Waals surface area contributed by atoms with Gasteiger partial charge >= 0.3 is 5.97 Å². The van der Waals surface area contributed by atoms with Gasteiger partial charge in [-0.2, -0.15) is 0 Å². The zero-order valence-corrected chi connectivity index (χ0v) is 11.9. The molecule has 0 fully saturated rings. The molecule has 108 valence electrons. The fourth-order valence-corrected chi connectivity index (χ4v) is 2.12. The minimum Gasteiger partial charge on any atom is -0.478 e. The third-order valence-electron chi connectivity index (χ3n) is 2.92. The van der Waals surface area contributed by atoms with Gasteiger partial charge in [0.1, 0.15) is 0 Å². The van der Waals surface area contributed by atoms with Crippen molar-refractivity contribution in [3.8, 4) is 0 Å². The second kappa shape index (κ2) is 6.90. The Balaban J connectivity index is 1.93. The van der Waals surface area contributed by atoms with Crippen molar-refractivity contribution >= 4 is 29.2 Å². The molecule has 2 aromatic carbocycles. The number of carboxylic acid groups (broad SMARTS) is 1. The van der Waals surface area contributed by atoms with Crippen molar-refractivity contribution in [3.63, 3.8) is 0 Å². The number of benzene rings is 2. The molecule has 0 saturated heterocycles. The molecule has 0 aliphatic heterocycles. The number of anilines is 1. The minimum absolute atomic E-state index is 0.141. The molecule has 2 rings (SSSR count). The first kappa shape index (κ1) is 15.1. The van der Waals surface area contributed by atoms with E-state index >= 15 is 0 Å². The van der Waals surface area contributed by atoms with E-state index in [0.717, 1.165) is 5.56 Å². The van der Waals surface area contributed by atoms with Crippen molar-refractivity contribution in [3.05, 3.63) is 64.7 Å². The smallest absolute Gasteiger partial charge is 0.335 e. The van der Waals surface area contributed by atoms with Crippen LogP contribution in [0.3, 0.4) is 0 Å². The number of carbonyl (C=O) groups is 2. The van der Waals surface area contributed by atoms with Gasteiger partial charge in [-0.05, 0) is 42.3 Å². The maximum atomic E-state index is 11.9. The van der Waals surface area contributed by atoms with Crippen LogP contribution < -0.4 is 5.32 Å². The van der Waals surface area contributed by atoms with Gasteiger partial charge in [0, 0.05) is 17.1 Å². The van der Waals surface area contributed by atoms with E-state index in [0.29, 0.717) is 23.6 Å². The molecule has 0 unspecified atom stereocenters. The van der Waals surface area contributed by atoms with Gasteiger partial charge in [0.15, 0.2) is 0 Å². The molecule has 21 heavy (non-hydrogen) atoms. The molecule has 0 heterocycles. The molecule has 2 N–H and O–H groups in total. The first-order valence-corrected chi connectivity index (χ1v) is 6.80. The molecular weight excluding hydrogens is 290 g/mol. The highest BCUT2D eigenvalue weighted by Gasteiger charge is 2.06. The number of carboxylic acids is 1. The molecule has 0 radical (unpaired) electrons. The van der Waals surface area contributed by atoms with E-state index < -0.39 is 5.97 Å². The first-order valence-electron chi connectivity index (χ1n) is 6.42. The van der Waals surface area contributed by atoms with Crippen molar-refractivity contribution in [1.29, 1.82) is 0 Å². The second-order valence-corrected chi connectivity index (χ2v) is 5.00. The van der Waals surface area contributed by atoms with Gasteiger partial charge < -0.3 is 10.4 Å². The van der Waals surface area contributed by atoms with Crippen molar-refractivity contribution in [2.24, 2.45) is 0 Å². The minimum atomic E-state index is -1.02. The summed E-state index contributed by atoms with van der Waals surface area (Å²) in [6.45, 7) is 0. The summed E-state index contributed by atoms with van der Waals surface area (Å²) in [5.41, 5.74) is 1.60. The van der Waals surface area contributed by atoms with E-state index in [4.69, 9.17) is 16.7 Å². The van der Waals surface area contributed by atoms with Gasteiger partial charge in [0.2, 0.25) is 5.91 Å². The molecule has 0 spiro atoms. The molecule has 1 amide bonds. The Morgan fingerprint density at radius 2 is 1.86 bits per heavy atom. The molecule has 0 saturated carbocycles. The summed E-state index contributed by atoms with van der Waals surface area (Å²) in [7, 11) is 0. The number of rotatable bonds is 5. The summed E-state index contributed by atoms with van der Waals surface area (Å²) in [5.74, 6) is -1.19. The topological polar surface area (TPSA) is 66.4 Å². The van der Waals surface area contributed by atoms with E-state index in [1.807, 2.05) is 18.2 Å². The molecule has 0 bridgehead atoms. The Kier molecular flexibility index (Phi) is 4.95. The third-order valence-corrected chi connectivity index (χ3v) is 3.16. The summed E-state index contributed by atoms with van der Waals surface area (Å²) in [6, 6.07) is 13.5. The maximum Gasteiger partial charge on any atom is 0.335 e. The van der Waals surface area contributed by atoms with Gasteiger partial charge in [-0.3, -0.25) is 4.79 Å². The summed E-state index contributed by atoms with van der Waals surface area (Å²) in [4.78, 5) is 22.7. The number of carbonyl (C=O) groups excluding carboxylic acids is 1. The molecule has 0 atom stereocenters. The average Bonchev–Trinajstić information content (AvgIpc) is 2.45. The maximum absolute atomic E-state index is 11.9. The molecule has 0 aliphatic rings. The van der Waals surface area contributed by atoms with Crippen LogP contribution in [0.5, 0.6) is 0 Å². The SMILES string of the molecule is O=C(CCc1cccc(Cl)c1)Nc1cccc(C(=O)O)c1. The molecule has 0 aromatic heterocycles. The largest absolute Gasteiger partial charge is 0.478 e. The van der Waals surface area contributed by atoms with E-state index in [2.05, 4.69) is 5.32 Å². The molecular formula is C16H14ClNO3. The fourth-order valence-electron chi connectivity index (χ4n) is 1.90. The highest BCUT2D eigenvalue weighted by Crippen LogP contribution is 2.14. The lowest BCUT2D eigenvalue weighted by Gasteiger charge is -2.06. The second-order valence-electron chi connectivity index (χ2n) is 4.56. The Morgan fingerprint density at radius 1 is 1.10 bits per heavy atom. The highest BCUT2D eigenvalue weighted by atomic mass is 35.5. The molecule has 4 nitrogen and oxygen atoms in total. The van der Waals surface area contributed by atoms with Crippen LogP contribution in [-0.4, -0.2) is 17.0 Å². The van der Waals surface area contributed by atoms with E-state index in [1.165, 1.54) is 12.1 Å². The number of hydrogen-bond acceptors (Lipinski definition) is 2. The number of aryl methyl sites for hydroxylation is 1. The van der Waals surface area contributed by atoms with E-state index in [9.17, 15) is 9.59 Å². The number of nitrogens with one attached hydrogen (secondary N) is 1. The lowest BCUT2D eigenvalue weighted by Crippen LogP contribution is -2.12. The summed E-state index contributed by atoms with van der Waals surface area (Å²) in [5, 5.41) is 12.2. The van der Waals surface area contributed by atoms with Gasteiger partial charge in [0.25, 0.3) is 0 Å². The zero-order chi connectivity index (χ0) is 15.2. The van der Waals surface area contributed by atoms with E-state index in [-0.39, 0.29) is 11.5 Å². The Morgan fingerprint density at radius 3 is 2.57 bits per heavy atom. The lowest BCUT2D eigenvalue weighted by molar-refractivity contribution is -0.116. The molecule has 5 heteroatoms. The average molecular weight is 304 g/mol. The summed E-state index contributed by atoms with van der Waals surface area (Å²) in [6.07, 6.45) is 0.878. The van der Waals surface area contributed by atoms with Gasteiger partial charge in [-0.15, -0.1) is 0 Å². The van der Waals surface area contributed by atoms with Gasteiger partial charge in [-0.25, -0.2) is 4.79 Å². The number of aromatic carboxylic acids is 1. The van der Waals surface area contributed by atoms with Crippen molar-refractivity contribution < 1.29 is 14.7 Å². The quantitative estimate of drug-likeness (QED) is 0.886. The van der Waals surface area contributed by atoms with E-state index in [1.54, 1.807) is 18.2 Å². The van der Waals surface area contributed by atoms with Crippen molar-refractivity contribution in [1.82, 2.24) is 0 Å². The van der Waals surface area contributed by atoms with Crippen LogP contribution in [0.25, 0.3) is 0 Å². The lowest BCUT2D eigenvalue weighted by atomic mass is 10.1. The van der Waals surface area contributed by atoms with Gasteiger partial charge in [0.05, 0.1) is 5.56 Å². The Labute approximate surface area is 127 Å². The van der Waals surface area contributed by atoms with Crippen molar-refractivity contribution in [2.45, 2.75) is 12.8 Å². The number of amides is 1. The van der Waals surface area contributed by atoms with Crippen LogP contribution in [0.2, 0.25) is 5.02 Å². The monoisotopic (exact) mass is 303 g/mol. The predicted octanol–water partition coefficient (Wildman–Crippen LogP) is 3.61. The number of hydrogen-bond donors (Lipinski definition) is 2. The zero-order valence-electron chi connectivity index (χ0n) is 11.2. The standard InChI is InChI=1S/C16H14ClNO3/c17-13-5-1-3-11(9-13)7-8-15(19)18-14-6-2-4-12(10-14)16(20)21/h1-6,9-10H,7-8H2,(H,18,19)(H,20,21). The molecule has 0 aliphatic carbocycles. The highest BCUT2D eigenvalue weighted by molar-refractivity contribution is 6.30. The Bertz CT molecular complexity index is 670. The van der Waals surface area contributed by atoms with Crippen LogP contribution >= 0.6 is 11.6 Å². The van der Waals surface area contributed by atoms with Crippen LogP contribution in [0, 0.1) is 0 Å². The third kappa shape index (κ3) is 4.61. The van der Waals surface area contributed by atoms with Crippen LogP contribution in [0.15, 0.2) is 48.5 Å². The number of halogens is 1. The predicted molar refractivity (Wildman–Crippen MR) is 81.8 cm³/mol. The first-order chi connectivity index (χ1) is 10.0. The fraction of sp³-hybridized carbons (Fsp3) is 0.125.